The van der Waals surface area contributed by atoms with Gasteiger partial charge < -0.3 is 10.0 Å². The molecule has 0 aliphatic rings. The van der Waals surface area contributed by atoms with Crippen molar-refractivity contribution in [2.75, 3.05) is 4.90 Å². The Bertz CT molecular complexity index is 1310. The van der Waals surface area contributed by atoms with Crippen molar-refractivity contribution in [3.05, 3.63) is 139 Å². The van der Waals surface area contributed by atoms with Crippen molar-refractivity contribution >= 4 is 23.0 Å². The summed E-state index contributed by atoms with van der Waals surface area (Å²) in [7, 11) is 0. The second-order valence-corrected chi connectivity index (χ2v) is 7.82. The molecule has 0 heterocycles. The zero-order chi connectivity index (χ0) is 23.3. The second kappa shape index (κ2) is 9.36. The van der Waals surface area contributed by atoms with Gasteiger partial charge in [0.15, 0.2) is 0 Å². The van der Waals surface area contributed by atoms with Crippen molar-refractivity contribution in [2.45, 2.75) is 0 Å². The van der Waals surface area contributed by atoms with Crippen LogP contribution in [-0.2, 0) is 0 Å². The van der Waals surface area contributed by atoms with Crippen LogP contribution in [0.5, 0.6) is 0 Å². The predicted octanol–water partition coefficient (Wildman–Crippen LogP) is 7.79. The smallest absolute Gasteiger partial charge is 0.337 e. The van der Waals surface area contributed by atoms with E-state index in [-0.39, 0.29) is 5.56 Å². The van der Waals surface area contributed by atoms with Gasteiger partial charge in [-0.3, -0.25) is 0 Å². The van der Waals surface area contributed by atoms with E-state index in [4.69, 9.17) is 0 Å². The zero-order valence-electron chi connectivity index (χ0n) is 18.3. The molecule has 0 atom stereocenters. The number of carboxylic acids is 1. The van der Waals surface area contributed by atoms with E-state index in [0.717, 1.165) is 27.9 Å². The Morgan fingerprint density at radius 3 is 1.79 bits per heavy atom. The number of hydrogen-bond acceptors (Lipinski definition) is 2. The summed E-state index contributed by atoms with van der Waals surface area (Å²) in [6.07, 6.45) is 0. The molecule has 5 aromatic rings. The Morgan fingerprint density at radius 2 is 1.18 bits per heavy atom. The summed E-state index contributed by atoms with van der Waals surface area (Å²) < 4.78 is 0. The van der Waals surface area contributed by atoms with Crippen molar-refractivity contribution in [2.24, 2.45) is 0 Å². The third-order valence-electron chi connectivity index (χ3n) is 5.67. The van der Waals surface area contributed by atoms with Gasteiger partial charge in [-0.05, 0) is 59.2 Å². The Labute approximate surface area is 199 Å². The number of benzene rings is 4. The number of carboxylic acid groups (broad SMARTS) is 1. The minimum absolute atomic E-state index is 0.218. The first-order chi connectivity index (χ1) is 16.7. The zero-order valence-corrected chi connectivity index (χ0v) is 18.3. The van der Waals surface area contributed by atoms with Gasteiger partial charge in [0.2, 0.25) is 0 Å². The first-order valence-corrected chi connectivity index (χ1v) is 11.0. The predicted molar refractivity (Wildman–Crippen MR) is 137 cm³/mol. The number of carbonyl (C=O) groups is 1. The van der Waals surface area contributed by atoms with Crippen LogP contribution in [0.1, 0.15) is 10.4 Å². The molecule has 0 radical (unpaired) electrons. The number of nitrogens with zero attached hydrogens (tertiary/aromatic N) is 1. The molecule has 5 rings (SSSR count). The molecule has 3 heteroatoms. The molecule has 3 nitrogen and oxygen atoms in total. The van der Waals surface area contributed by atoms with Gasteiger partial charge >= 0.3 is 5.97 Å². The van der Waals surface area contributed by atoms with Crippen LogP contribution >= 0.6 is 0 Å². The van der Waals surface area contributed by atoms with Gasteiger partial charge in [0.05, 0.1) is 16.9 Å². The van der Waals surface area contributed by atoms with Gasteiger partial charge in [0, 0.05) is 11.3 Å². The van der Waals surface area contributed by atoms with Crippen LogP contribution in [0.15, 0.2) is 121 Å². The molecule has 0 saturated carbocycles. The van der Waals surface area contributed by atoms with E-state index in [1.54, 1.807) is 12.1 Å². The fourth-order valence-corrected chi connectivity index (χ4v) is 3.98. The van der Waals surface area contributed by atoms with E-state index < -0.39 is 5.97 Å². The maximum absolute atomic E-state index is 12.0. The molecule has 0 fully saturated rings. The maximum Gasteiger partial charge on any atom is 0.337 e. The van der Waals surface area contributed by atoms with Crippen molar-refractivity contribution in [3.63, 3.8) is 0 Å². The summed E-state index contributed by atoms with van der Waals surface area (Å²) in [6.45, 7) is 0. The molecule has 1 N–H and O–H groups in total. The lowest BCUT2D eigenvalue weighted by Crippen LogP contribution is -2.14. The molecule has 34 heavy (non-hydrogen) atoms. The average molecular weight is 440 g/mol. The lowest BCUT2D eigenvalue weighted by atomic mass is 10.0. The molecular formula is C31H21NO2. The van der Waals surface area contributed by atoms with Crippen LogP contribution in [0.4, 0.5) is 17.1 Å². The minimum atomic E-state index is -0.980. The average Bonchev–Trinajstić information content (AvgIpc) is 2.91. The highest BCUT2D eigenvalue weighted by Gasteiger charge is 2.19. The molecule has 0 aromatic heterocycles. The summed E-state index contributed by atoms with van der Waals surface area (Å²) in [5, 5.41) is 9.85. The van der Waals surface area contributed by atoms with Gasteiger partial charge in [-0.2, -0.15) is 0 Å². The summed E-state index contributed by atoms with van der Waals surface area (Å²) in [4.78, 5) is 13.9. The van der Waals surface area contributed by atoms with Crippen LogP contribution in [0, 0.1) is 12.1 Å². The highest BCUT2D eigenvalue weighted by atomic mass is 16.4. The highest BCUT2D eigenvalue weighted by molar-refractivity contribution is 5.97. The first kappa shape index (κ1) is 21.1. The van der Waals surface area contributed by atoms with E-state index in [9.17, 15) is 9.90 Å². The first-order valence-electron chi connectivity index (χ1n) is 11.0. The number of aromatic carboxylic acids is 1. The Morgan fingerprint density at radius 1 is 0.588 bits per heavy atom. The number of rotatable bonds is 6. The Hall–Kier alpha value is -4.81. The van der Waals surface area contributed by atoms with Crippen LogP contribution < -0.4 is 4.90 Å². The van der Waals surface area contributed by atoms with E-state index in [2.05, 4.69) is 24.3 Å². The summed E-state index contributed by atoms with van der Waals surface area (Å²) in [5.41, 5.74) is 6.52. The number of hydrogen-bond donors (Lipinski definition) is 1. The fourth-order valence-electron chi connectivity index (χ4n) is 3.98. The largest absolute Gasteiger partial charge is 0.478 e. The molecule has 0 bridgehead atoms. The van der Waals surface area contributed by atoms with Crippen LogP contribution in [0.3, 0.4) is 0 Å². The SMILES string of the molecule is O=C(O)c1ccccc1N(c1c#cc(-c2ccccc2)cc1)c1ccc(-c2ccccc2)cc1. The van der Waals surface area contributed by atoms with Crippen LogP contribution in [-0.4, -0.2) is 11.1 Å². The molecule has 0 spiro atoms. The molecule has 0 unspecified atom stereocenters. The Kier molecular flexibility index (Phi) is 5.80. The van der Waals surface area contributed by atoms with E-state index >= 15 is 0 Å². The molecular weight excluding hydrogens is 418 g/mol. The van der Waals surface area contributed by atoms with Crippen LogP contribution in [0.2, 0.25) is 0 Å². The highest BCUT2D eigenvalue weighted by Crippen LogP contribution is 2.37. The maximum atomic E-state index is 12.0. The molecule has 5 aromatic carbocycles. The standard InChI is InChI=1S/C31H21NO2/c33-31(34)29-13-7-8-14-30(29)32(27-19-15-25(16-20-27)23-9-3-1-4-10-23)28-21-17-26(18-22-28)24-11-5-2-6-12-24/h1-17,19-21H,(H,33,34). The summed E-state index contributed by atoms with van der Waals surface area (Å²) in [5.74, 6) is -0.980. The van der Waals surface area contributed by atoms with Crippen molar-refractivity contribution in [1.82, 2.24) is 0 Å². The van der Waals surface area contributed by atoms with E-state index in [1.165, 1.54) is 0 Å². The van der Waals surface area contributed by atoms with Gasteiger partial charge in [-0.15, -0.1) is 0 Å². The lowest BCUT2D eigenvalue weighted by molar-refractivity contribution is 0.0698. The lowest BCUT2D eigenvalue weighted by Gasteiger charge is -2.25. The summed E-state index contributed by atoms with van der Waals surface area (Å²) in [6, 6.07) is 45.7. The van der Waals surface area contributed by atoms with Crippen molar-refractivity contribution in [1.29, 1.82) is 0 Å². The second-order valence-electron chi connectivity index (χ2n) is 7.82. The minimum Gasteiger partial charge on any atom is -0.478 e. The van der Waals surface area contributed by atoms with E-state index in [0.29, 0.717) is 11.4 Å². The van der Waals surface area contributed by atoms with Gasteiger partial charge in [-0.1, -0.05) is 91.0 Å². The molecule has 0 aliphatic heterocycles. The number of para-hydroxylation sites is 1. The third-order valence-corrected chi connectivity index (χ3v) is 5.67. The van der Waals surface area contributed by atoms with E-state index in [1.807, 2.05) is 102 Å². The number of anilines is 3. The van der Waals surface area contributed by atoms with Gasteiger partial charge in [0.25, 0.3) is 0 Å². The third kappa shape index (κ3) is 4.26. The van der Waals surface area contributed by atoms with Gasteiger partial charge in [-0.25, -0.2) is 4.79 Å². The molecule has 0 amide bonds. The fraction of sp³-hybridized carbons (Fsp3) is 0. The van der Waals surface area contributed by atoms with Gasteiger partial charge in [0.1, 0.15) is 0 Å². The Balaban J connectivity index is 1.59. The molecule has 162 valence electrons. The monoisotopic (exact) mass is 439 g/mol. The van der Waals surface area contributed by atoms with Crippen LogP contribution in [0.25, 0.3) is 22.3 Å². The summed E-state index contributed by atoms with van der Waals surface area (Å²) >= 11 is 0. The molecule has 0 aliphatic carbocycles. The quantitative estimate of drug-likeness (QED) is 0.293. The topological polar surface area (TPSA) is 40.5 Å². The van der Waals surface area contributed by atoms with Crippen molar-refractivity contribution < 1.29 is 9.90 Å². The van der Waals surface area contributed by atoms with Crippen molar-refractivity contribution in [3.8, 4) is 22.3 Å². The normalized spacial score (nSPS) is 10.4. The molecule has 0 saturated heterocycles.